The van der Waals surface area contributed by atoms with Crippen LogP contribution >= 0.6 is 0 Å². The minimum absolute atomic E-state index is 0.162. The molecule has 0 aliphatic carbocycles. The normalized spacial score (nSPS) is 15.2. The molecule has 0 fully saturated rings. The summed E-state index contributed by atoms with van der Waals surface area (Å²) >= 11 is 0. The molecule has 0 saturated heterocycles. The van der Waals surface area contributed by atoms with Gasteiger partial charge in [-0.3, -0.25) is 0 Å². The summed E-state index contributed by atoms with van der Waals surface area (Å²) in [6, 6.07) is 0. The first-order chi connectivity index (χ1) is 8.86. The molecule has 8 nitrogen and oxygen atoms in total. The van der Waals surface area contributed by atoms with Gasteiger partial charge in [0.1, 0.15) is 0 Å². The average Bonchev–Trinajstić information content (AvgIpc) is 2.83. The first-order valence-electron chi connectivity index (χ1n) is 5.53. The average molecular weight is 232 g/mol. The maximum atomic E-state index is 4.25. The Morgan fingerprint density at radius 3 is 2.67 bits per heavy atom. The van der Waals surface area contributed by atoms with Crippen molar-refractivity contribution in [2.45, 2.75) is 6.92 Å². The zero-order valence-electron chi connectivity index (χ0n) is 9.80. The molecule has 3 heterocycles. The van der Waals surface area contributed by atoms with Crippen molar-refractivity contribution in [2.75, 3.05) is 0 Å². The summed E-state index contributed by atoms with van der Waals surface area (Å²) in [7, 11) is 6.01. The molecule has 2 aliphatic rings. The van der Waals surface area contributed by atoms with Gasteiger partial charge in [0.25, 0.3) is 0 Å². The van der Waals surface area contributed by atoms with Gasteiger partial charge in [-0.15, -0.1) is 0 Å². The second-order valence-electron chi connectivity index (χ2n) is 3.83. The Balaban J connectivity index is 1.88. The molecule has 14 heteroatoms. The number of rotatable bonds is 2. The van der Waals surface area contributed by atoms with Gasteiger partial charge < -0.3 is 0 Å². The van der Waals surface area contributed by atoms with Crippen molar-refractivity contribution in [3.8, 4) is 0 Å². The molecule has 0 amide bonds. The summed E-state index contributed by atoms with van der Waals surface area (Å²) in [6.07, 6.45) is 3.90. The van der Waals surface area contributed by atoms with Crippen molar-refractivity contribution in [3.05, 3.63) is 18.2 Å². The fraction of sp³-hybridized carbons (Fsp3) is 0.250. The fourth-order valence-corrected chi connectivity index (χ4v) is 1.89. The molecule has 2 aliphatic heterocycles. The fourth-order valence-electron chi connectivity index (χ4n) is 1.89. The summed E-state index contributed by atoms with van der Waals surface area (Å²) in [5.41, 5.74) is 0. The van der Waals surface area contributed by atoms with E-state index >= 15 is 0 Å². The van der Waals surface area contributed by atoms with E-state index < -0.39 is 0 Å². The second-order valence-corrected chi connectivity index (χ2v) is 3.83. The first kappa shape index (κ1) is 11.5. The van der Waals surface area contributed by atoms with Crippen LogP contribution in [0.4, 0.5) is 0 Å². The number of nitrogens with one attached hydrogen (secondary N) is 2. The Morgan fingerprint density at radius 2 is 2.00 bits per heavy atom. The minimum atomic E-state index is -0.162. The molecule has 3 rings (SSSR count). The molecule has 0 spiro atoms. The van der Waals surface area contributed by atoms with Crippen molar-refractivity contribution >= 4 is 43.1 Å². The van der Waals surface area contributed by atoms with Crippen molar-refractivity contribution in [1.29, 1.82) is 0 Å². The van der Waals surface area contributed by atoms with E-state index in [2.05, 4.69) is 29.5 Å². The van der Waals surface area contributed by atoms with E-state index in [1.54, 1.807) is 14.4 Å². The molecular formula is C4H7B6N8+. The van der Waals surface area contributed by atoms with Crippen LogP contribution in [0.1, 0.15) is 5.82 Å². The Kier molecular flexibility index (Phi) is 3.16. The zero-order valence-corrected chi connectivity index (χ0v) is 9.80. The van der Waals surface area contributed by atoms with Gasteiger partial charge in [0.2, 0.25) is 0 Å². The molecule has 1 aromatic rings. The quantitative estimate of drug-likeness (QED) is 0.539. The standard InChI is InChI=1S/C4H7B6N8/c1-4-17(9-13-5-11-6-14-9)2-3-18(4)10-15-7-12-8-16-10/h2-3,13,15H,1H3/q+1. The third-order valence-electron chi connectivity index (χ3n) is 2.81. The number of nitrogens with zero attached hydrogens (tertiary/aromatic N) is 6. The molecule has 1 aromatic heterocycles. The van der Waals surface area contributed by atoms with Gasteiger partial charge in [-0.05, 0) is 0 Å². The van der Waals surface area contributed by atoms with Crippen LogP contribution in [-0.4, -0.2) is 47.5 Å². The summed E-state index contributed by atoms with van der Waals surface area (Å²) in [5, 5.41) is 6.13. The SMILES string of the molecule is Cc1n(B2N=BN=BN2)cc[n+]1B1N=BN=BN1. The monoisotopic (exact) mass is 233 g/mol. The van der Waals surface area contributed by atoms with E-state index in [-0.39, 0.29) is 14.2 Å². The molecule has 0 radical (unpaired) electrons. The molecule has 0 bridgehead atoms. The Bertz CT molecular complexity index is 514. The van der Waals surface area contributed by atoms with Gasteiger partial charge in [-0.25, -0.2) is 0 Å². The predicted octanol–water partition coefficient (Wildman–Crippen LogP) is -2.83. The number of hydrogen-bond donors (Lipinski definition) is 2. The summed E-state index contributed by atoms with van der Waals surface area (Å²) in [6.45, 7) is 2.01. The molecule has 80 valence electrons. The predicted molar refractivity (Wildman–Crippen MR) is 70.7 cm³/mol. The number of imidazole rings is 1. The molecular weight excluding hydrogens is 225 g/mol. The molecule has 0 unspecified atom stereocenters. The van der Waals surface area contributed by atoms with Gasteiger partial charge in [0.15, 0.2) is 0 Å². The van der Waals surface area contributed by atoms with E-state index in [9.17, 15) is 0 Å². The summed E-state index contributed by atoms with van der Waals surface area (Å²) in [5.74, 6) is 1.02. The van der Waals surface area contributed by atoms with E-state index in [4.69, 9.17) is 0 Å². The van der Waals surface area contributed by atoms with Crippen molar-refractivity contribution in [2.24, 2.45) is 19.2 Å². The van der Waals surface area contributed by atoms with Crippen LogP contribution in [0, 0.1) is 6.92 Å². The van der Waals surface area contributed by atoms with Crippen LogP contribution < -0.4 is 14.8 Å². The zero-order chi connectivity index (χ0) is 12.4. The number of aromatic nitrogens is 2. The van der Waals surface area contributed by atoms with Gasteiger partial charge in [-0.1, -0.05) is 0 Å². The summed E-state index contributed by atoms with van der Waals surface area (Å²) in [4.78, 5) is 16.3. The van der Waals surface area contributed by atoms with Crippen molar-refractivity contribution in [3.63, 3.8) is 0 Å². The second kappa shape index (κ2) is 4.95. The van der Waals surface area contributed by atoms with Crippen LogP contribution in [-0.2, 0) is 0 Å². The van der Waals surface area contributed by atoms with E-state index in [0.29, 0.717) is 0 Å². The molecule has 0 atom stereocenters. The maximum absolute atomic E-state index is 4.25. The Labute approximate surface area is 107 Å². The van der Waals surface area contributed by atoms with E-state index in [1.807, 2.05) is 28.3 Å². The topological polar surface area (TPSA) is 82.3 Å². The molecule has 0 saturated carbocycles. The first-order valence-corrected chi connectivity index (χ1v) is 5.53. The van der Waals surface area contributed by atoms with Gasteiger partial charge in [0, 0.05) is 0 Å². The van der Waals surface area contributed by atoms with Crippen molar-refractivity contribution < 1.29 is 4.48 Å². The van der Waals surface area contributed by atoms with Gasteiger partial charge in [0.05, 0.1) is 0 Å². The van der Waals surface area contributed by atoms with Crippen LogP contribution in [0.5, 0.6) is 0 Å². The van der Waals surface area contributed by atoms with E-state index in [0.717, 1.165) is 5.82 Å². The summed E-state index contributed by atoms with van der Waals surface area (Å²) < 4.78 is 4.01. The van der Waals surface area contributed by atoms with Gasteiger partial charge >= 0.3 is 107 Å². The Morgan fingerprint density at radius 1 is 1.22 bits per heavy atom. The molecule has 18 heavy (non-hydrogen) atoms. The van der Waals surface area contributed by atoms with E-state index in [1.165, 1.54) is 14.4 Å². The van der Waals surface area contributed by atoms with Crippen LogP contribution in [0.25, 0.3) is 0 Å². The van der Waals surface area contributed by atoms with Crippen LogP contribution in [0.2, 0.25) is 0 Å². The molecule has 0 aromatic carbocycles. The third-order valence-corrected chi connectivity index (χ3v) is 2.81. The Hall–Kier alpha value is -1.60. The third kappa shape index (κ3) is 2.06. The van der Waals surface area contributed by atoms with Gasteiger partial charge in [-0.2, -0.15) is 0 Å². The van der Waals surface area contributed by atoms with Crippen LogP contribution in [0.3, 0.4) is 0 Å². The number of hydrogen-bond acceptors (Lipinski definition) is 6. The van der Waals surface area contributed by atoms with Crippen molar-refractivity contribution in [1.82, 2.24) is 14.8 Å². The van der Waals surface area contributed by atoms with Crippen LogP contribution in [0.15, 0.2) is 31.6 Å². The molecule has 2 N–H and O–H groups in total.